The van der Waals surface area contributed by atoms with E-state index in [1.807, 2.05) is 55.4 Å². The molecule has 678 valence electrons. The van der Waals surface area contributed by atoms with Gasteiger partial charge in [0.1, 0.15) is 19.7 Å². The Hall–Kier alpha value is -2.21. The van der Waals surface area contributed by atoms with E-state index in [1.165, 1.54) is 18.9 Å². The standard InChI is InChI=1S/C19H43N3.C14H28N2O2.C14H32N2.C13H28N2.C12H28N2.C11H26NOP.C11H23NO/c1-15(2)20(11-13-21(16(3)4)17(5)6)12-14-22(18(7)8)19(9)10;1-9(2)13(17)15(11(5)6)16(12(7)8)14(18)10(3)4;1-11(2)15(12(3)4)9-10-16(13(5)6)14(7)8;1-9(2)13(14-10(3)4)15(11(5)6)12(7)8;1-9(2)13(10(3)4)14(11(5)6)12(7)8;1-9(2)7-14(13,8-10(3)4)12-11(5)6;1-8(2)7-13-12-11(9(3)4)10(5)6/h15-19H,11-14H2,1-10H3;9-12H,1-8H3;11-14H,9-10H2,1-8H3;9-12H,1-8H3;9-12H,1-8H3;9-11H,7-8H2,1-6H3,(H,12,13);8-10H,7H2,1-6H3. The van der Waals surface area contributed by atoms with E-state index in [9.17, 15) is 14.2 Å². The number of amidine groups is 1. The highest BCUT2D eigenvalue weighted by molar-refractivity contribution is 7.61. The maximum Gasteiger partial charge on any atom is 0.243 e. The van der Waals surface area contributed by atoms with Gasteiger partial charge in [0.25, 0.3) is 0 Å². The van der Waals surface area contributed by atoms with E-state index in [4.69, 9.17) is 9.83 Å². The van der Waals surface area contributed by atoms with Crippen LogP contribution < -0.4 is 5.09 Å². The molecule has 0 spiro atoms. The molecule has 0 heterocycles. The molecule has 0 radical (unpaired) electrons. The zero-order valence-electron chi connectivity index (χ0n) is 85.9. The van der Waals surface area contributed by atoms with Crippen molar-refractivity contribution in [2.75, 3.05) is 58.2 Å². The van der Waals surface area contributed by atoms with Crippen LogP contribution in [0.2, 0.25) is 0 Å². The number of hydrogen-bond donors (Lipinski definition) is 1. The minimum Gasteiger partial charge on any atom is -0.396 e. The number of nitrogens with zero attached hydrogens (tertiary/aromatic N) is 12. The monoisotopic (exact) mass is 1610 g/mol. The second-order valence-electron chi connectivity index (χ2n) is 40.0. The van der Waals surface area contributed by atoms with Crippen LogP contribution in [0.4, 0.5) is 0 Å². The molecule has 0 aliphatic rings. The molecule has 2 amide bonds. The summed E-state index contributed by atoms with van der Waals surface area (Å²) in [5.41, 5.74) is 1.15. The molecule has 0 aliphatic carbocycles. The summed E-state index contributed by atoms with van der Waals surface area (Å²) in [6.45, 7) is 126. The van der Waals surface area contributed by atoms with E-state index >= 15 is 0 Å². The number of aliphatic imine (C=N–C) groups is 1. The molecule has 0 saturated carbocycles. The smallest absolute Gasteiger partial charge is 0.243 e. The van der Waals surface area contributed by atoms with Crippen LogP contribution in [0.5, 0.6) is 0 Å². The average Bonchev–Trinajstić information content (AvgIpc) is 0.820. The van der Waals surface area contributed by atoms with Crippen molar-refractivity contribution in [2.45, 2.75) is 489 Å². The predicted octanol–water partition coefficient (Wildman–Crippen LogP) is 23.5. The van der Waals surface area contributed by atoms with Crippen LogP contribution in [-0.2, 0) is 19.0 Å². The number of rotatable bonds is 42. The number of hydrogen-bond acceptors (Lipinski definition) is 13. The summed E-state index contributed by atoms with van der Waals surface area (Å²) >= 11 is 0. The number of carbonyl (C=O) groups excluding carboxylic acids is 2. The maximum absolute atomic E-state index is 12.5. The quantitative estimate of drug-likeness (QED) is 0.0270. The summed E-state index contributed by atoms with van der Waals surface area (Å²) < 4.78 is 12.5. The SMILES string of the molecule is CC(C)C(=O)N(C(C)C)N(C(=O)C(C)C)C(C)C.CC(C)CON=C(C(C)C)C(C)C.CC(C)CP(=O)(CC(C)C)NC(C)C.CC(C)N(C(C)C)N(C(C)C)C(C)C.CC(C)N(CCN(C(C)C)C(C)C)C(C)C.CC(C)N(CCN(C(C)C)C(C)C)CCN(C(C)C)C(C)C.CC(C)N=C(C(C)C)N(C(C)C)C(C)C. The molecular formula is C94H208N13O4P. The lowest BCUT2D eigenvalue weighted by atomic mass is 9.98. The normalized spacial score (nSPS) is 12.8. The van der Waals surface area contributed by atoms with Crippen LogP contribution in [0.1, 0.15) is 374 Å². The molecule has 0 fully saturated rings. The summed E-state index contributed by atoms with van der Waals surface area (Å²) in [6.07, 6.45) is 1.65. The van der Waals surface area contributed by atoms with Gasteiger partial charge in [-0.3, -0.25) is 44.2 Å². The molecule has 1 N–H and O–H groups in total. The third-order valence-corrected chi connectivity index (χ3v) is 22.5. The van der Waals surface area contributed by atoms with Crippen molar-refractivity contribution in [1.29, 1.82) is 0 Å². The Morgan fingerprint density at radius 3 is 0.723 bits per heavy atom. The summed E-state index contributed by atoms with van der Waals surface area (Å²) in [5.74, 6) is 4.01. The molecule has 0 saturated heterocycles. The van der Waals surface area contributed by atoms with E-state index < -0.39 is 7.29 Å². The fourth-order valence-corrected chi connectivity index (χ4v) is 18.3. The van der Waals surface area contributed by atoms with Gasteiger partial charge in [-0.05, 0) is 293 Å². The highest BCUT2D eigenvalue weighted by Gasteiger charge is 2.34. The Morgan fingerprint density at radius 1 is 0.304 bits per heavy atom. The van der Waals surface area contributed by atoms with Crippen molar-refractivity contribution in [3.63, 3.8) is 0 Å². The third-order valence-electron chi connectivity index (χ3n) is 18.8. The van der Waals surface area contributed by atoms with Gasteiger partial charge in [0, 0.05) is 184 Å². The van der Waals surface area contributed by atoms with Crippen molar-refractivity contribution < 1.29 is 19.0 Å². The molecule has 0 aromatic carbocycles. The highest BCUT2D eigenvalue weighted by Crippen LogP contribution is 2.45. The average molecular weight is 1620 g/mol. The zero-order valence-corrected chi connectivity index (χ0v) is 86.8. The first-order valence-corrected chi connectivity index (χ1v) is 47.7. The van der Waals surface area contributed by atoms with Crippen LogP contribution in [0.3, 0.4) is 0 Å². The Bertz CT molecular complexity index is 2160. The van der Waals surface area contributed by atoms with Gasteiger partial charge in [-0.2, -0.15) is 0 Å². The van der Waals surface area contributed by atoms with Gasteiger partial charge < -0.3 is 14.3 Å². The van der Waals surface area contributed by atoms with Gasteiger partial charge >= 0.3 is 0 Å². The fourth-order valence-electron chi connectivity index (χ4n) is 14.7. The first-order valence-electron chi connectivity index (χ1n) is 45.6. The summed E-state index contributed by atoms with van der Waals surface area (Å²) in [6, 6.07) is 9.62. The van der Waals surface area contributed by atoms with Crippen LogP contribution in [0.25, 0.3) is 0 Å². The maximum atomic E-state index is 12.5. The van der Waals surface area contributed by atoms with E-state index in [0.29, 0.717) is 145 Å². The molecule has 0 bridgehead atoms. The lowest BCUT2D eigenvalue weighted by molar-refractivity contribution is -0.176. The van der Waals surface area contributed by atoms with Gasteiger partial charge in [-0.15, -0.1) is 0 Å². The number of oxime groups is 1. The molecule has 112 heavy (non-hydrogen) atoms. The fraction of sp³-hybridized carbons (Fsp3) is 0.957. The van der Waals surface area contributed by atoms with Crippen LogP contribution >= 0.6 is 7.29 Å². The lowest BCUT2D eigenvalue weighted by Gasteiger charge is -2.45. The number of amides is 2. The van der Waals surface area contributed by atoms with Crippen molar-refractivity contribution in [3.8, 4) is 0 Å². The topological polar surface area (TPSA) is 130 Å². The van der Waals surface area contributed by atoms with Crippen molar-refractivity contribution in [3.05, 3.63) is 0 Å². The molecule has 0 rings (SSSR count). The molecule has 0 aromatic heterocycles. The zero-order chi connectivity index (χ0) is 90.4. The largest absolute Gasteiger partial charge is 0.396 e. The van der Waals surface area contributed by atoms with Gasteiger partial charge in [0.15, 0.2) is 0 Å². The summed E-state index contributed by atoms with van der Waals surface area (Å²) in [4.78, 5) is 50.0. The van der Waals surface area contributed by atoms with Crippen molar-refractivity contribution in [1.82, 2.24) is 54.5 Å². The third kappa shape index (κ3) is 57.8. The number of nitrogens with one attached hydrogen (secondary N) is 1. The summed E-state index contributed by atoms with van der Waals surface area (Å²) in [5, 5.41) is 15.6. The minimum atomic E-state index is -2.14. The molecule has 17 nitrogen and oxygen atoms in total. The van der Waals surface area contributed by atoms with Gasteiger partial charge in [-0.25, -0.2) is 20.0 Å². The minimum absolute atomic E-state index is 0.00676. The van der Waals surface area contributed by atoms with E-state index in [-0.39, 0.29) is 35.7 Å². The Labute approximate surface area is 704 Å². The van der Waals surface area contributed by atoms with Crippen molar-refractivity contribution in [2.24, 2.45) is 57.5 Å². The van der Waals surface area contributed by atoms with E-state index in [2.05, 4.69) is 368 Å². The van der Waals surface area contributed by atoms with Crippen LogP contribution in [0, 0.1) is 47.3 Å². The molecule has 0 atom stereocenters. The van der Waals surface area contributed by atoms with Crippen LogP contribution in [-0.4, -0.2) is 246 Å². The molecule has 18 heteroatoms. The summed E-state index contributed by atoms with van der Waals surface area (Å²) in [7, 11) is -2.14. The van der Waals surface area contributed by atoms with E-state index in [0.717, 1.165) is 44.2 Å². The van der Waals surface area contributed by atoms with Gasteiger partial charge in [0.2, 0.25) is 11.8 Å². The first kappa shape index (κ1) is 123. The molecule has 0 unspecified atom stereocenters. The van der Waals surface area contributed by atoms with Crippen LogP contribution in [0.15, 0.2) is 10.1 Å². The second-order valence-corrected chi connectivity index (χ2v) is 42.8. The second kappa shape index (κ2) is 64.7. The Morgan fingerprint density at radius 2 is 0.562 bits per heavy atom. The Kier molecular flexibility index (Phi) is 71.0. The highest BCUT2D eigenvalue weighted by atomic mass is 31.2. The van der Waals surface area contributed by atoms with Gasteiger partial charge in [-0.1, -0.05) is 116 Å². The predicted molar refractivity (Wildman–Crippen MR) is 505 cm³/mol. The number of hydrazine groups is 2. The number of carbonyl (C=O) groups is 2. The molecular weight excluding hydrogens is 1410 g/mol. The van der Waals surface area contributed by atoms with Crippen molar-refractivity contribution >= 4 is 30.7 Å². The molecule has 0 aliphatic heterocycles. The van der Waals surface area contributed by atoms with E-state index in [1.54, 1.807) is 10.0 Å². The Balaban J connectivity index is -0.000000231. The first-order chi connectivity index (χ1) is 50.7. The van der Waals surface area contributed by atoms with Gasteiger partial charge in [0.05, 0.1) is 5.71 Å². The molecule has 0 aromatic rings. The lowest BCUT2D eigenvalue weighted by Crippen LogP contribution is -2.57.